The standard InChI is InChI=1S/C18H13BrCl2/c1-11-8-12(10-13(19)9-11)18(21)16-6-7-17(20)15-5-3-2-4-14(15)16/h2-10,18H,1H3. The van der Waals surface area contributed by atoms with Crippen LogP contribution in [0, 0.1) is 6.92 Å². The molecule has 3 aromatic carbocycles. The minimum atomic E-state index is -0.205. The molecule has 0 radical (unpaired) electrons. The van der Waals surface area contributed by atoms with Crippen LogP contribution in [-0.4, -0.2) is 0 Å². The first kappa shape index (κ1) is 14.9. The van der Waals surface area contributed by atoms with E-state index >= 15 is 0 Å². The summed E-state index contributed by atoms with van der Waals surface area (Å²) in [5.41, 5.74) is 3.34. The maximum atomic E-state index is 6.74. The zero-order valence-electron chi connectivity index (χ0n) is 11.4. The molecule has 3 heteroatoms. The SMILES string of the molecule is Cc1cc(Br)cc(C(Cl)c2ccc(Cl)c3ccccc23)c1. The van der Waals surface area contributed by atoms with Crippen LogP contribution in [0.4, 0.5) is 0 Å². The fraction of sp³-hybridized carbons (Fsp3) is 0.111. The molecule has 0 aliphatic rings. The second-order valence-electron chi connectivity index (χ2n) is 5.11. The first-order chi connectivity index (χ1) is 10.1. The molecule has 0 aliphatic carbocycles. The predicted octanol–water partition coefficient (Wildman–Crippen LogP) is 6.89. The lowest BCUT2D eigenvalue weighted by atomic mass is 9.97. The van der Waals surface area contributed by atoms with Crippen LogP contribution in [0.15, 0.2) is 59.1 Å². The van der Waals surface area contributed by atoms with E-state index in [1.54, 1.807) is 0 Å². The average Bonchev–Trinajstić information content (AvgIpc) is 2.46. The molecule has 1 atom stereocenters. The number of hydrogen-bond donors (Lipinski definition) is 0. The summed E-state index contributed by atoms with van der Waals surface area (Å²) in [6.45, 7) is 2.07. The second kappa shape index (κ2) is 6.00. The van der Waals surface area contributed by atoms with Crippen molar-refractivity contribution < 1.29 is 0 Å². The molecule has 1 unspecified atom stereocenters. The zero-order chi connectivity index (χ0) is 15.0. The molecule has 0 N–H and O–H groups in total. The third-order valence-corrected chi connectivity index (χ3v) is 4.81. The summed E-state index contributed by atoms with van der Waals surface area (Å²) in [6.07, 6.45) is 0. The van der Waals surface area contributed by atoms with Crippen molar-refractivity contribution in [3.05, 3.63) is 80.8 Å². The van der Waals surface area contributed by atoms with Crippen molar-refractivity contribution in [3.8, 4) is 0 Å². The Morgan fingerprint density at radius 1 is 0.952 bits per heavy atom. The molecule has 0 saturated carbocycles. The molecule has 0 spiro atoms. The van der Waals surface area contributed by atoms with Gasteiger partial charge in [-0.05, 0) is 47.2 Å². The molecule has 3 aromatic rings. The summed E-state index contributed by atoms with van der Waals surface area (Å²) < 4.78 is 1.04. The summed E-state index contributed by atoms with van der Waals surface area (Å²) in [4.78, 5) is 0. The molecular formula is C18H13BrCl2. The van der Waals surface area contributed by atoms with Crippen molar-refractivity contribution >= 4 is 49.9 Å². The van der Waals surface area contributed by atoms with Crippen molar-refractivity contribution in [1.29, 1.82) is 0 Å². The Morgan fingerprint density at radius 2 is 1.67 bits per heavy atom. The first-order valence-electron chi connectivity index (χ1n) is 6.64. The largest absolute Gasteiger partial charge is 0.113 e. The van der Waals surface area contributed by atoms with Crippen LogP contribution in [0.3, 0.4) is 0 Å². The van der Waals surface area contributed by atoms with Gasteiger partial charge in [-0.1, -0.05) is 63.9 Å². The third kappa shape index (κ3) is 2.96. The highest BCUT2D eigenvalue weighted by Gasteiger charge is 2.15. The third-order valence-electron chi connectivity index (χ3n) is 3.53. The lowest BCUT2D eigenvalue weighted by molar-refractivity contribution is 1.14. The second-order valence-corrected chi connectivity index (χ2v) is 6.87. The highest BCUT2D eigenvalue weighted by atomic mass is 79.9. The van der Waals surface area contributed by atoms with Gasteiger partial charge in [-0.25, -0.2) is 0 Å². The monoisotopic (exact) mass is 378 g/mol. The van der Waals surface area contributed by atoms with Gasteiger partial charge in [-0.3, -0.25) is 0 Å². The van der Waals surface area contributed by atoms with Gasteiger partial charge >= 0.3 is 0 Å². The number of rotatable bonds is 2. The number of halogens is 3. The Labute approximate surface area is 142 Å². The summed E-state index contributed by atoms with van der Waals surface area (Å²) in [5, 5.41) is 2.68. The summed E-state index contributed by atoms with van der Waals surface area (Å²) >= 11 is 16.6. The molecule has 0 heterocycles. The van der Waals surface area contributed by atoms with E-state index in [-0.39, 0.29) is 5.38 Å². The number of fused-ring (bicyclic) bond motifs is 1. The number of aryl methyl sites for hydroxylation is 1. The van der Waals surface area contributed by atoms with Gasteiger partial charge in [0.2, 0.25) is 0 Å². The lowest BCUT2D eigenvalue weighted by Gasteiger charge is -2.15. The molecule has 0 aliphatic heterocycles. The molecule has 0 saturated heterocycles. The van der Waals surface area contributed by atoms with E-state index in [1.807, 2.05) is 30.3 Å². The van der Waals surface area contributed by atoms with Crippen LogP contribution >= 0.6 is 39.1 Å². The van der Waals surface area contributed by atoms with E-state index in [9.17, 15) is 0 Å². The molecule has 0 nitrogen and oxygen atoms in total. The van der Waals surface area contributed by atoms with E-state index < -0.39 is 0 Å². The van der Waals surface area contributed by atoms with Crippen LogP contribution in [0.2, 0.25) is 5.02 Å². The molecule has 0 amide bonds. The van der Waals surface area contributed by atoms with Crippen molar-refractivity contribution in [1.82, 2.24) is 0 Å². The predicted molar refractivity (Wildman–Crippen MR) is 95.5 cm³/mol. The minimum Gasteiger partial charge on any atom is -0.113 e. The molecule has 0 fully saturated rings. The number of benzene rings is 3. The highest BCUT2D eigenvalue weighted by Crippen LogP contribution is 2.37. The smallest absolute Gasteiger partial charge is 0.0841 e. The van der Waals surface area contributed by atoms with Crippen LogP contribution in [0.25, 0.3) is 10.8 Å². The van der Waals surface area contributed by atoms with Crippen LogP contribution < -0.4 is 0 Å². The molecule has 0 aromatic heterocycles. The molecule has 21 heavy (non-hydrogen) atoms. The fourth-order valence-corrected chi connectivity index (χ4v) is 3.77. The van der Waals surface area contributed by atoms with E-state index in [4.69, 9.17) is 23.2 Å². The van der Waals surface area contributed by atoms with E-state index in [0.29, 0.717) is 0 Å². The van der Waals surface area contributed by atoms with Gasteiger partial charge in [0.05, 0.1) is 5.38 Å². The molecular weight excluding hydrogens is 367 g/mol. The van der Waals surface area contributed by atoms with Crippen molar-refractivity contribution in [2.75, 3.05) is 0 Å². The number of alkyl halides is 1. The normalized spacial score (nSPS) is 12.6. The van der Waals surface area contributed by atoms with Crippen molar-refractivity contribution in [2.24, 2.45) is 0 Å². The Bertz CT molecular complexity index is 791. The van der Waals surface area contributed by atoms with Crippen LogP contribution in [0.1, 0.15) is 22.1 Å². The van der Waals surface area contributed by atoms with Gasteiger partial charge in [-0.2, -0.15) is 0 Å². The zero-order valence-corrected chi connectivity index (χ0v) is 14.5. The van der Waals surface area contributed by atoms with Gasteiger partial charge in [0, 0.05) is 14.9 Å². The molecule has 0 bridgehead atoms. The summed E-state index contributed by atoms with van der Waals surface area (Å²) in [7, 11) is 0. The van der Waals surface area contributed by atoms with E-state index in [0.717, 1.165) is 31.4 Å². The van der Waals surface area contributed by atoms with Crippen LogP contribution in [-0.2, 0) is 0 Å². The Morgan fingerprint density at radius 3 is 2.38 bits per heavy atom. The number of hydrogen-bond acceptors (Lipinski definition) is 0. The summed E-state index contributed by atoms with van der Waals surface area (Å²) in [5.74, 6) is 0. The molecule has 106 valence electrons. The molecule has 3 rings (SSSR count). The topological polar surface area (TPSA) is 0 Å². The fourth-order valence-electron chi connectivity index (χ4n) is 2.60. The Balaban J connectivity index is 2.18. The maximum Gasteiger partial charge on any atom is 0.0841 e. The lowest BCUT2D eigenvalue weighted by Crippen LogP contribution is -1.96. The Kier molecular flexibility index (Phi) is 4.26. The van der Waals surface area contributed by atoms with E-state index in [1.165, 1.54) is 5.56 Å². The van der Waals surface area contributed by atoms with Crippen LogP contribution in [0.5, 0.6) is 0 Å². The Hall–Kier alpha value is -1.02. The van der Waals surface area contributed by atoms with Gasteiger partial charge in [0.1, 0.15) is 0 Å². The quantitative estimate of drug-likeness (QED) is 0.425. The average molecular weight is 380 g/mol. The first-order valence-corrected chi connectivity index (χ1v) is 8.25. The highest BCUT2D eigenvalue weighted by molar-refractivity contribution is 9.10. The van der Waals surface area contributed by atoms with Crippen molar-refractivity contribution in [3.63, 3.8) is 0 Å². The maximum absolute atomic E-state index is 6.74. The van der Waals surface area contributed by atoms with Gasteiger partial charge in [-0.15, -0.1) is 11.6 Å². The van der Waals surface area contributed by atoms with E-state index in [2.05, 4.69) is 47.1 Å². The van der Waals surface area contributed by atoms with Gasteiger partial charge in [0.25, 0.3) is 0 Å². The van der Waals surface area contributed by atoms with Gasteiger partial charge < -0.3 is 0 Å². The van der Waals surface area contributed by atoms with Gasteiger partial charge in [0.15, 0.2) is 0 Å². The van der Waals surface area contributed by atoms with Crippen molar-refractivity contribution in [2.45, 2.75) is 12.3 Å². The minimum absolute atomic E-state index is 0.205. The summed E-state index contributed by atoms with van der Waals surface area (Å²) in [6, 6.07) is 18.3.